The molecule has 2 aliphatic heterocycles. The van der Waals surface area contributed by atoms with E-state index >= 15 is 0 Å². The smallest absolute Gasteiger partial charge is 0.207 e. The van der Waals surface area contributed by atoms with Crippen LogP contribution in [0, 0.1) is 6.92 Å². The van der Waals surface area contributed by atoms with Crippen LogP contribution < -0.4 is 4.74 Å². The zero-order valence-corrected chi connectivity index (χ0v) is 10.9. The minimum Gasteiger partial charge on any atom is -0.464 e. The maximum atomic E-state index is 6.07. The maximum Gasteiger partial charge on any atom is 0.207 e. The number of aryl methyl sites for hydroxylation is 1. The van der Waals surface area contributed by atoms with Crippen LogP contribution in [0.15, 0.2) is 48.5 Å². The zero-order chi connectivity index (χ0) is 12.8. The zero-order valence-electron chi connectivity index (χ0n) is 10.9. The van der Waals surface area contributed by atoms with Crippen molar-refractivity contribution in [2.24, 2.45) is 0 Å². The molecule has 0 aliphatic carbocycles. The number of para-hydroxylation sites is 1. The van der Waals surface area contributed by atoms with Gasteiger partial charge in [0, 0.05) is 5.56 Å². The molecule has 0 N–H and O–H groups in total. The van der Waals surface area contributed by atoms with Crippen molar-refractivity contribution < 1.29 is 9.47 Å². The molecule has 2 heterocycles. The summed E-state index contributed by atoms with van der Waals surface area (Å²) in [6, 6.07) is 16.9. The second-order valence-electron chi connectivity index (χ2n) is 5.40. The number of hydrogen-bond acceptors (Lipinski definition) is 2. The Balaban J connectivity index is 1.61. The summed E-state index contributed by atoms with van der Waals surface area (Å²) in [6.07, 6.45) is 1.05. The first-order valence-electron chi connectivity index (χ1n) is 6.79. The van der Waals surface area contributed by atoms with Gasteiger partial charge in [0.1, 0.15) is 5.75 Å². The van der Waals surface area contributed by atoms with Crippen LogP contribution >= 0.6 is 0 Å². The number of benzene rings is 2. The number of hydrogen-bond donors (Lipinski definition) is 0. The molecular weight excluding hydrogens is 236 g/mol. The van der Waals surface area contributed by atoms with Crippen LogP contribution in [0.2, 0.25) is 0 Å². The summed E-state index contributed by atoms with van der Waals surface area (Å²) in [5.74, 6) is 1.36. The Hall–Kier alpha value is -1.80. The van der Waals surface area contributed by atoms with Gasteiger partial charge in [0.15, 0.2) is 0 Å². The molecule has 0 bridgehead atoms. The van der Waals surface area contributed by atoms with Crippen molar-refractivity contribution in [3.8, 4) is 5.75 Å². The van der Waals surface area contributed by atoms with Gasteiger partial charge in [0.2, 0.25) is 6.29 Å². The van der Waals surface area contributed by atoms with Gasteiger partial charge in [0.25, 0.3) is 0 Å². The van der Waals surface area contributed by atoms with Gasteiger partial charge in [0.05, 0.1) is 12.0 Å². The van der Waals surface area contributed by atoms with Crippen molar-refractivity contribution >= 4 is 0 Å². The first-order valence-corrected chi connectivity index (χ1v) is 6.79. The molecule has 2 aliphatic rings. The molecule has 0 aromatic heterocycles. The number of fused-ring (bicyclic) bond motifs is 3. The first kappa shape index (κ1) is 11.1. The van der Waals surface area contributed by atoms with Crippen LogP contribution in [0.5, 0.6) is 5.75 Å². The van der Waals surface area contributed by atoms with Crippen LogP contribution in [-0.4, -0.2) is 6.29 Å². The van der Waals surface area contributed by atoms with Crippen molar-refractivity contribution in [3.63, 3.8) is 0 Å². The Morgan fingerprint density at radius 1 is 1.00 bits per heavy atom. The van der Waals surface area contributed by atoms with Gasteiger partial charge in [-0.15, -0.1) is 0 Å². The third-order valence-corrected chi connectivity index (χ3v) is 4.11. The molecule has 4 rings (SSSR count). The van der Waals surface area contributed by atoms with E-state index in [0.29, 0.717) is 5.92 Å². The molecule has 0 radical (unpaired) electrons. The first-order chi connectivity index (χ1) is 9.31. The molecule has 3 atom stereocenters. The molecule has 0 unspecified atom stereocenters. The summed E-state index contributed by atoms with van der Waals surface area (Å²) < 4.78 is 12.0. The fourth-order valence-electron chi connectivity index (χ4n) is 3.05. The molecule has 2 nitrogen and oxygen atoms in total. The largest absolute Gasteiger partial charge is 0.464 e. The quantitative estimate of drug-likeness (QED) is 0.765. The van der Waals surface area contributed by atoms with Crippen LogP contribution in [0.25, 0.3) is 0 Å². The van der Waals surface area contributed by atoms with Crippen molar-refractivity contribution in [1.29, 1.82) is 0 Å². The molecule has 0 saturated carbocycles. The van der Waals surface area contributed by atoms with Gasteiger partial charge in [-0.3, -0.25) is 0 Å². The summed E-state index contributed by atoms with van der Waals surface area (Å²) in [6.45, 7) is 2.10. The fourth-order valence-corrected chi connectivity index (χ4v) is 3.05. The summed E-state index contributed by atoms with van der Waals surface area (Å²) in [5, 5.41) is 0. The molecule has 0 amide bonds. The van der Waals surface area contributed by atoms with Gasteiger partial charge >= 0.3 is 0 Å². The predicted octanol–water partition coefficient (Wildman–Crippen LogP) is 3.96. The second kappa shape index (κ2) is 4.10. The van der Waals surface area contributed by atoms with Crippen molar-refractivity contribution in [3.05, 3.63) is 65.2 Å². The molecular formula is C17H16O2. The molecule has 2 aromatic rings. The highest BCUT2D eigenvalue weighted by Crippen LogP contribution is 2.50. The second-order valence-corrected chi connectivity index (χ2v) is 5.40. The topological polar surface area (TPSA) is 18.5 Å². The van der Waals surface area contributed by atoms with Gasteiger partial charge in [-0.2, -0.15) is 0 Å². The van der Waals surface area contributed by atoms with Gasteiger partial charge in [-0.05, 0) is 25.0 Å². The lowest BCUT2D eigenvalue weighted by Crippen LogP contribution is -2.14. The van der Waals surface area contributed by atoms with E-state index in [-0.39, 0.29) is 12.4 Å². The Bertz CT molecular complexity index is 603. The monoisotopic (exact) mass is 252 g/mol. The van der Waals surface area contributed by atoms with Crippen molar-refractivity contribution in [2.75, 3.05) is 0 Å². The van der Waals surface area contributed by atoms with Gasteiger partial charge < -0.3 is 9.47 Å². The van der Waals surface area contributed by atoms with Crippen molar-refractivity contribution in [1.82, 2.24) is 0 Å². The van der Waals surface area contributed by atoms with Crippen LogP contribution in [0.4, 0.5) is 0 Å². The average Bonchev–Trinajstić information content (AvgIpc) is 2.97. The standard InChI is InChI=1S/C17H16O2/c1-11-6-8-12(9-7-11)16-10-14-13-4-2-3-5-15(13)18-17(14)19-16/h2-9,14,16-17H,10H2,1H3/t14-,16+,17-/m0/s1. The Morgan fingerprint density at radius 3 is 2.63 bits per heavy atom. The molecule has 19 heavy (non-hydrogen) atoms. The molecule has 96 valence electrons. The third-order valence-electron chi connectivity index (χ3n) is 4.11. The van der Waals surface area contributed by atoms with E-state index in [1.807, 2.05) is 12.1 Å². The molecule has 2 aromatic carbocycles. The highest BCUT2D eigenvalue weighted by molar-refractivity contribution is 5.41. The lowest BCUT2D eigenvalue weighted by molar-refractivity contribution is -0.0695. The minimum atomic E-state index is -0.108. The molecule has 1 fully saturated rings. The summed E-state index contributed by atoms with van der Waals surface area (Å²) in [7, 11) is 0. The lowest BCUT2D eigenvalue weighted by atomic mass is 9.94. The van der Waals surface area contributed by atoms with E-state index in [9.17, 15) is 0 Å². The van der Waals surface area contributed by atoms with Crippen LogP contribution in [0.3, 0.4) is 0 Å². The van der Waals surface area contributed by atoms with E-state index in [0.717, 1.165) is 12.2 Å². The summed E-state index contributed by atoms with van der Waals surface area (Å²) in [4.78, 5) is 0. The molecule has 1 saturated heterocycles. The normalized spacial score (nSPS) is 27.7. The maximum absolute atomic E-state index is 6.07. The Morgan fingerprint density at radius 2 is 1.79 bits per heavy atom. The minimum absolute atomic E-state index is 0.108. The third kappa shape index (κ3) is 1.75. The van der Waals surface area contributed by atoms with E-state index in [4.69, 9.17) is 9.47 Å². The summed E-state index contributed by atoms with van der Waals surface area (Å²) >= 11 is 0. The lowest BCUT2D eigenvalue weighted by Gasteiger charge is -2.13. The predicted molar refractivity (Wildman–Crippen MR) is 73.2 cm³/mol. The average molecular weight is 252 g/mol. The van der Waals surface area contributed by atoms with E-state index in [2.05, 4.69) is 43.3 Å². The van der Waals surface area contributed by atoms with Crippen LogP contribution in [0.1, 0.15) is 35.1 Å². The van der Waals surface area contributed by atoms with Gasteiger partial charge in [-0.1, -0.05) is 48.0 Å². The van der Waals surface area contributed by atoms with Gasteiger partial charge in [-0.25, -0.2) is 0 Å². The van der Waals surface area contributed by atoms with Crippen LogP contribution in [-0.2, 0) is 4.74 Å². The van der Waals surface area contributed by atoms with E-state index in [1.165, 1.54) is 16.7 Å². The highest BCUT2D eigenvalue weighted by atomic mass is 16.7. The Kier molecular flexibility index (Phi) is 2.39. The fraction of sp³-hybridized carbons (Fsp3) is 0.294. The highest BCUT2D eigenvalue weighted by Gasteiger charge is 2.44. The van der Waals surface area contributed by atoms with E-state index in [1.54, 1.807) is 0 Å². The number of rotatable bonds is 1. The van der Waals surface area contributed by atoms with Crippen molar-refractivity contribution in [2.45, 2.75) is 31.7 Å². The summed E-state index contributed by atoms with van der Waals surface area (Å²) in [5.41, 5.74) is 3.83. The number of ether oxygens (including phenoxy) is 2. The molecule has 0 spiro atoms. The van der Waals surface area contributed by atoms with E-state index < -0.39 is 0 Å². The SMILES string of the molecule is Cc1ccc([C@H]2C[C@H]3c4ccccc4O[C@H]3O2)cc1. The molecule has 2 heteroatoms. The Labute approximate surface area is 113 Å².